The average Bonchev–Trinajstić information content (AvgIpc) is 1.95. The van der Waals surface area contributed by atoms with Crippen molar-refractivity contribution in [2.24, 2.45) is 4.99 Å². The molecule has 3 nitrogen and oxygen atoms in total. The van der Waals surface area contributed by atoms with Crippen molar-refractivity contribution in [2.75, 3.05) is 5.73 Å². The summed E-state index contributed by atoms with van der Waals surface area (Å²) in [5, 5.41) is 0. The van der Waals surface area contributed by atoms with Crippen LogP contribution in [-0.2, 0) is 6.54 Å². The number of hydrogen-bond donors (Lipinski definition) is 1. The molecule has 1 rings (SSSR count). The van der Waals surface area contributed by atoms with Gasteiger partial charge in [-0.15, -0.1) is 0 Å². The van der Waals surface area contributed by atoms with Crippen LogP contribution >= 0.6 is 0 Å². The summed E-state index contributed by atoms with van der Waals surface area (Å²) in [6.07, 6.45) is 0. The van der Waals surface area contributed by atoms with Crippen molar-refractivity contribution in [3.05, 3.63) is 23.4 Å². The zero-order valence-electron chi connectivity index (χ0n) is 6.54. The molecule has 0 spiro atoms. The number of anilines is 1. The standard InChI is InChI=1S/C8H11N3/c1-6-3-4-7(5-10-2)8(9)11-6/h3-4H,2,5H2,1H3,(H2,9,11). The first-order chi connectivity index (χ1) is 5.24. The van der Waals surface area contributed by atoms with Gasteiger partial charge in [-0.3, -0.25) is 4.99 Å². The molecule has 0 amide bonds. The third-order valence-corrected chi connectivity index (χ3v) is 1.43. The van der Waals surface area contributed by atoms with Crippen molar-refractivity contribution < 1.29 is 0 Å². The van der Waals surface area contributed by atoms with E-state index in [0.717, 1.165) is 11.3 Å². The van der Waals surface area contributed by atoms with Gasteiger partial charge in [-0.25, -0.2) is 4.98 Å². The Bertz CT molecular complexity index is 268. The molecule has 0 radical (unpaired) electrons. The summed E-state index contributed by atoms with van der Waals surface area (Å²) in [5.41, 5.74) is 7.47. The van der Waals surface area contributed by atoms with Crippen LogP contribution in [0.15, 0.2) is 17.1 Å². The fourth-order valence-corrected chi connectivity index (χ4v) is 0.860. The maximum Gasteiger partial charge on any atom is 0.128 e. The van der Waals surface area contributed by atoms with Crippen molar-refractivity contribution >= 4 is 12.5 Å². The Labute approximate surface area is 66.0 Å². The van der Waals surface area contributed by atoms with Crippen LogP contribution < -0.4 is 5.73 Å². The maximum atomic E-state index is 5.61. The van der Waals surface area contributed by atoms with E-state index in [2.05, 4.69) is 16.7 Å². The molecule has 0 aliphatic rings. The van der Waals surface area contributed by atoms with Crippen molar-refractivity contribution in [3.8, 4) is 0 Å². The fraction of sp³-hybridized carbons (Fsp3) is 0.250. The topological polar surface area (TPSA) is 51.3 Å². The smallest absolute Gasteiger partial charge is 0.128 e. The Kier molecular flexibility index (Phi) is 2.21. The van der Waals surface area contributed by atoms with Gasteiger partial charge in [-0.05, 0) is 19.7 Å². The first-order valence-corrected chi connectivity index (χ1v) is 3.38. The molecule has 0 fully saturated rings. The molecule has 0 unspecified atom stereocenters. The van der Waals surface area contributed by atoms with E-state index in [1.54, 1.807) is 0 Å². The number of rotatable bonds is 2. The van der Waals surface area contributed by atoms with E-state index in [9.17, 15) is 0 Å². The third-order valence-electron chi connectivity index (χ3n) is 1.43. The summed E-state index contributed by atoms with van der Waals surface area (Å²) >= 11 is 0. The zero-order valence-corrected chi connectivity index (χ0v) is 6.54. The summed E-state index contributed by atoms with van der Waals surface area (Å²) in [5.74, 6) is 0.553. The van der Waals surface area contributed by atoms with E-state index in [4.69, 9.17) is 5.73 Å². The van der Waals surface area contributed by atoms with Crippen LogP contribution in [-0.4, -0.2) is 11.7 Å². The molecule has 58 valence electrons. The second-order valence-corrected chi connectivity index (χ2v) is 2.38. The minimum absolute atomic E-state index is 0.541. The molecular weight excluding hydrogens is 138 g/mol. The van der Waals surface area contributed by atoms with Crippen LogP contribution in [0.5, 0.6) is 0 Å². The first-order valence-electron chi connectivity index (χ1n) is 3.38. The van der Waals surface area contributed by atoms with Gasteiger partial charge < -0.3 is 5.73 Å². The number of hydrogen-bond acceptors (Lipinski definition) is 3. The van der Waals surface area contributed by atoms with Crippen molar-refractivity contribution in [1.82, 2.24) is 4.98 Å². The highest BCUT2D eigenvalue weighted by atomic mass is 14.8. The predicted octanol–water partition coefficient (Wildman–Crippen LogP) is 1.17. The van der Waals surface area contributed by atoms with Crippen LogP contribution in [0.1, 0.15) is 11.3 Å². The molecule has 2 N–H and O–H groups in total. The second kappa shape index (κ2) is 3.14. The second-order valence-electron chi connectivity index (χ2n) is 2.38. The number of pyridine rings is 1. The number of aryl methyl sites for hydroxylation is 1. The molecule has 0 bridgehead atoms. The van der Waals surface area contributed by atoms with Gasteiger partial charge in [-0.1, -0.05) is 6.07 Å². The summed E-state index contributed by atoms with van der Waals surface area (Å²) in [6.45, 7) is 5.83. The fourth-order valence-electron chi connectivity index (χ4n) is 0.860. The van der Waals surface area contributed by atoms with Crippen molar-refractivity contribution in [1.29, 1.82) is 0 Å². The molecule has 11 heavy (non-hydrogen) atoms. The third kappa shape index (κ3) is 1.77. The van der Waals surface area contributed by atoms with Crippen LogP contribution in [0.4, 0.5) is 5.82 Å². The first kappa shape index (κ1) is 7.72. The molecule has 3 heteroatoms. The number of nitrogens with two attached hydrogens (primary N) is 1. The van der Waals surface area contributed by atoms with E-state index in [0.29, 0.717) is 12.4 Å². The summed E-state index contributed by atoms with van der Waals surface area (Å²) in [7, 11) is 0. The Morgan fingerprint density at radius 2 is 2.36 bits per heavy atom. The van der Waals surface area contributed by atoms with Gasteiger partial charge >= 0.3 is 0 Å². The lowest BCUT2D eigenvalue weighted by atomic mass is 10.2. The van der Waals surface area contributed by atoms with E-state index >= 15 is 0 Å². The van der Waals surface area contributed by atoms with Crippen molar-refractivity contribution in [2.45, 2.75) is 13.5 Å². The van der Waals surface area contributed by atoms with E-state index in [1.165, 1.54) is 0 Å². The van der Waals surface area contributed by atoms with E-state index in [-0.39, 0.29) is 0 Å². The molecule has 1 heterocycles. The Balaban J connectivity index is 2.98. The van der Waals surface area contributed by atoms with Gasteiger partial charge in [0.05, 0.1) is 6.54 Å². The number of aliphatic imine (C=N–C) groups is 1. The van der Waals surface area contributed by atoms with Gasteiger partial charge in [0, 0.05) is 11.3 Å². The highest BCUT2D eigenvalue weighted by Gasteiger charge is 1.97. The van der Waals surface area contributed by atoms with Gasteiger partial charge in [0.25, 0.3) is 0 Å². The van der Waals surface area contributed by atoms with Crippen molar-refractivity contribution in [3.63, 3.8) is 0 Å². The lowest BCUT2D eigenvalue weighted by Crippen LogP contribution is -1.97. The predicted molar refractivity (Wildman–Crippen MR) is 46.6 cm³/mol. The van der Waals surface area contributed by atoms with E-state index < -0.39 is 0 Å². The normalized spacial score (nSPS) is 9.55. The van der Waals surface area contributed by atoms with Crippen LogP contribution in [0.3, 0.4) is 0 Å². The molecule has 0 saturated heterocycles. The summed E-state index contributed by atoms with van der Waals surface area (Å²) in [6, 6.07) is 3.84. The molecular formula is C8H11N3. The number of nitrogens with zero attached hydrogens (tertiary/aromatic N) is 2. The van der Waals surface area contributed by atoms with Crippen LogP contribution in [0, 0.1) is 6.92 Å². The SMILES string of the molecule is C=NCc1ccc(C)nc1N. The summed E-state index contributed by atoms with van der Waals surface area (Å²) < 4.78 is 0. The lowest BCUT2D eigenvalue weighted by Gasteiger charge is -2.01. The minimum Gasteiger partial charge on any atom is -0.383 e. The zero-order chi connectivity index (χ0) is 8.27. The minimum atomic E-state index is 0.541. The van der Waals surface area contributed by atoms with Gasteiger partial charge in [0.15, 0.2) is 0 Å². The molecule has 0 atom stereocenters. The maximum absolute atomic E-state index is 5.61. The number of nitrogen functional groups attached to an aromatic ring is 1. The lowest BCUT2D eigenvalue weighted by molar-refractivity contribution is 1.05. The molecule has 0 aromatic carbocycles. The highest BCUT2D eigenvalue weighted by Crippen LogP contribution is 2.09. The van der Waals surface area contributed by atoms with E-state index in [1.807, 2.05) is 19.1 Å². The molecule has 0 aliphatic carbocycles. The van der Waals surface area contributed by atoms with Crippen LogP contribution in [0.2, 0.25) is 0 Å². The van der Waals surface area contributed by atoms with Crippen LogP contribution in [0.25, 0.3) is 0 Å². The molecule has 1 aromatic heterocycles. The molecule has 1 aromatic rings. The monoisotopic (exact) mass is 149 g/mol. The Morgan fingerprint density at radius 3 is 2.91 bits per heavy atom. The van der Waals surface area contributed by atoms with Gasteiger partial charge in [0.1, 0.15) is 5.82 Å². The van der Waals surface area contributed by atoms with Gasteiger partial charge in [0.2, 0.25) is 0 Å². The highest BCUT2D eigenvalue weighted by molar-refractivity contribution is 5.40. The Morgan fingerprint density at radius 1 is 1.64 bits per heavy atom. The molecule has 0 saturated carbocycles. The van der Waals surface area contributed by atoms with Gasteiger partial charge in [-0.2, -0.15) is 0 Å². The molecule has 0 aliphatic heterocycles. The Hall–Kier alpha value is -1.38. The summed E-state index contributed by atoms with van der Waals surface area (Å²) in [4.78, 5) is 7.81. The largest absolute Gasteiger partial charge is 0.383 e. The quantitative estimate of drug-likeness (QED) is 0.642. The number of aromatic nitrogens is 1. The average molecular weight is 149 g/mol.